The van der Waals surface area contributed by atoms with E-state index in [9.17, 15) is 4.79 Å². The maximum Gasteiger partial charge on any atom is 0.223 e. The highest BCUT2D eigenvalue weighted by Crippen LogP contribution is 2.41. The van der Waals surface area contributed by atoms with Crippen LogP contribution in [-0.2, 0) is 11.2 Å². The maximum atomic E-state index is 12.1. The van der Waals surface area contributed by atoms with Gasteiger partial charge in [0.15, 0.2) is 0 Å². The molecule has 1 unspecified atom stereocenters. The summed E-state index contributed by atoms with van der Waals surface area (Å²) < 4.78 is 0. The fourth-order valence-corrected chi connectivity index (χ4v) is 3.80. The molecule has 108 valence electrons. The molecule has 0 bridgehead atoms. The first-order valence-electron chi connectivity index (χ1n) is 7.60. The summed E-state index contributed by atoms with van der Waals surface area (Å²) in [6, 6.07) is 4.44. The van der Waals surface area contributed by atoms with Gasteiger partial charge in [-0.1, -0.05) is 12.1 Å². The molecule has 0 radical (unpaired) electrons. The van der Waals surface area contributed by atoms with Crippen LogP contribution >= 0.6 is 0 Å². The molecular weight excluding hydrogens is 248 g/mol. The zero-order chi connectivity index (χ0) is 14.3. The van der Waals surface area contributed by atoms with Crippen molar-refractivity contribution in [3.05, 3.63) is 28.8 Å². The van der Waals surface area contributed by atoms with Crippen LogP contribution in [0.3, 0.4) is 0 Å². The molecule has 2 heterocycles. The molecule has 3 nitrogen and oxygen atoms in total. The van der Waals surface area contributed by atoms with Gasteiger partial charge in [-0.3, -0.25) is 4.79 Å². The third-order valence-electron chi connectivity index (χ3n) is 5.20. The molecule has 2 aliphatic heterocycles. The van der Waals surface area contributed by atoms with E-state index in [1.165, 1.54) is 28.8 Å². The zero-order valence-electron chi connectivity index (χ0n) is 12.8. The lowest BCUT2D eigenvalue weighted by atomic mass is 9.78. The van der Waals surface area contributed by atoms with Crippen LogP contribution in [0.4, 0.5) is 5.69 Å². The van der Waals surface area contributed by atoms with Gasteiger partial charge in [0.05, 0.1) is 0 Å². The van der Waals surface area contributed by atoms with Crippen LogP contribution in [0.1, 0.15) is 36.5 Å². The van der Waals surface area contributed by atoms with Gasteiger partial charge in [0, 0.05) is 25.7 Å². The van der Waals surface area contributed by atoms with Crippen molar-refractivity contribution in [2.24, 2.45) is 5.41 Å². The minimum atomic E-state index is 0.169. The van der Waals surface area contributed by atoms with Gasteiger partial charge in [-0.05, 0) is 61.8 Å². The van der Waals surface area contributed by atoms with E-state index < -0.39 is 0 Å². The minimum absolute atomic E-state index is 0.169. The van der Waals surface area contributed by atoms with E-state index in [1.54, 1.807) is 6.92 Å². The first kappa shape index (κ1) is 13.6. The fraction of sp³-hybridized carbons (Fsp3) is 0.588. The first-order chi connectivity index (χ1) is 9.52. The Bertz CT molecular complexity index is 544. The number of fused-ring (bicyclic) bond motifs is 1. The summed E-state index contributed by atoms with van der Waals surface area (Å²) in [5.74, 6) is 0.169. The van der Waals surface area contributed by atoms with E-state index in [1.807, 2.05) is 4.90 Å². The van der Waals surface area contributed by atoms with E-state index in [4.69, 9.17) is 0 Å². The van der Waals surface area contributed by atoms with Crippen LogP contribution in [0.25, 0.3) is 0 Å². The van der Waals surface area contributed by atoms with Crippen LogP contribution in [-0.4, -0.2) is 25.5 Å². The summed E-state index contributed by atoms with van der Waals surface area (Å²) in [5, 5.41) is 3.51. The van der Waals surface area contributed by atoms with Crippen LogP contribution in [0.5, 0.6) is 0 Å². The summed E-state index contributed by atoms with van der Waals surface area (Å²) in [6.07, 6.45) is 3.43. The number of benzene rings is 1. The predicted octanol–water partition coefficient (Wildman–Crippen LogP) is 2.58. The number of nitrogens with zero attached hydrogens (tertiary/aromatic N) is 1. The largest absolute Gasteiger partial charge is 0.316 e. The number of anilines is 1. The van der Waals surface area contributed by atoms with Gasteiger partial charge in [0.25, 0.3) is 0 Å². The second-order valence-electron chi connectivity index (χ2n) is 6.54. The maximum absolute atomic E-state index is 12.1. The summed E-state index contributed by atoms with van der Waals surface area (Å²) in [7, 11) is 0. The van der Waals surface area contributed by atoms with Gasteiger partial charge in [-0.25, -0.2) is 0 Å². The van der Waals surface area contributed by atoms with Crippen LogP contribution in [0.15, 0.2) is 12.1 Å². The third-order valence-corrected chi connectivity index (χ3v) is 5.20. The molecule has 1 aromatic rings. The zero-order valence-corrected chi connectivity index (χ0v) is 12.8. The third kappa shape index (κ3) is 2.14. The van der Waals surface area contributed by atoms with Crippen molar-refractivity contribution >= 4 is 11.6 Å². The van der Waals surface area contributed by atoms with Crippen molar-refractivity contribution in [3.8, 4) is 0 Å². The number of nitrogens with one attached hydrogen (secondary N) is 1. The number of carbonyl (C=O) groups excluding carboxylic acids is 1. The van der Waals surface area contributed by atoms with Crippen molar-refractivity contribution in [1.82, 2.24) is 5.32 Å². The standard InChI is InChI=1S/C17H24N2O/c1-12-4-5-15-10-17(6-8-18-11-17)7-9-19(14(3)20)16(15)13(12)2/h4-5,18H,6-11H2,1-3H3. The summed E-state index contributed by atoms with van der Waals surface area (Å²) in [5.41, 5.74) is 5.42. The van der Waals surface area contributed by atoms with Gasteiger partial charge in [0.1, 0.15) is 0 Å². The Morgan fingerprint density at radius 1 is 1.30 bits per heavy atom. The molecule has 20 heavy (non-hydrogen) atoms. The van der Waals surface area contributed by atoms with E-state index in [2.05, 4.69) is 31.3 Å². The van der Waals surface area contributed by atoms with Crippen molar-refractivity contribution in [2.75, 3.05) is 24.5 Å². The number of aryl methyl sites for hydroxylation is 1. The Morgan fingerprint density at radius 3 is 2.75 bits per heavy atom. The number of hydrogen-bond acceptors (Lipinski definition) is 2. The quantitative estimate of drug-likeness (QED) is 0.787. The number of rotatable bonds is 0. The minimum Gasteiger partial charge on any atom is -0.316 e. The van der Waals surface area contributed by atoms with E-state index in [0.29, 0.717) is 5.41 Å². The van der Waals surface area contributed by atoms with E-state index in [0.717, 1.165) is 32.5 Å². The highest BCUT2D eigenvalue weighted by molar-refractivity contribution is 5.93. The van der Waals surface area contributed by atoms with Gasteiger partial charge >= 0.3 is 0 Å². The molecule has 1 spiro atoms. The molecule has 2 aliphatic rings. The molecule has 1 saturated heterocycles. The highest BCUT2D eigenvalue weighted by Gasteiger charge is 2.38. The number of carbonyl (C=O) groups is 1. The molecule has 1 aromatic carbocycles. The first-order valence-corrected chi connectivity index (χ1v) is 7.60. The Balaban J connectivity index is 2.10. The van der Waals surface area contributed by atoms with E-state index >= 15 is 0 Å². The molecule has 1 atom stereocenters. The molecule has 0 saturated carbocycles. The summed E-state index contributed by atoms with van der Waals surface area (Å²) >= 11 is 0. The second-order valence-corrected chi connectivity index (χ2v) is 6.54. The molecule has 1 N–H and O–H groups in total. The van der Waals surface area contributed by atoms with Crippen LogP contribution in [0.2, 0.25) is 0 Å². The molecular formula is C17H24N2O. The monoisotopic (exact) mass is 272 g/mol. The Hall–Kier alpha value is -1.35. The van der Waals surface area contributed by atoms with Crippen LogP contribution in [0, 0.1) is 19.3 Å². The van der Waals surface area contributed by atoms with Crippen LogP contribution < -0.4 is 10.2 Å². The average Bonchev–Trinajstić information content (AvgIpc) is 2.77. The summed E-state index contributed by atoms with van der Waals surface area (Å²) in [4.78, 5) is 14.1. The smallest absolute Gasteiger partial charge is 0.223 e. The SMILES string of the molecule is CC(=O)N1CCC2(CCNC2)Cc2ccc(C)c(C)c21. The topological polar surface area (TPSA) is 32.3 Å². The molecule has 1 fully saturated rings. The number of amides is 1. The Morgan fingerprint density at radius 2 is 2.10 bits per heavy atom. The molecule has 0 aliphatic carbocycles. The van der Waals surface area contributed by atoms with E-state index in [-0.39, 0.29) is 5.91 Å². The predicted molar refractivity (Wildman–Crippen MR) is 82.2 cm³/mol. The second kappa shape index (κ2) is 4.88. The molecule has 0 aromatic heterocycles. The lowest BCUT2D eigenvalue weighted by Gasteiger charge is -2.26. The van der Waals surface area contributed by atoms with Crippen molar-refractivity contribution < 1.29 is 4.79 Å². The van der Waals surface area contributed by atoms with Gasteiger partial charge in [-0.2, -0.15) is 0 Å². The normalized spacial score (nSPS) is 25.6. The molecule has 3 heteroatoms. The summed E-state index contributed by atoms with van der Waals surface area (Å²) in [6.45, 7) is 9.02. The van der Waals surface area contributed by atoms with Gasteiger partial charge < -0.3 is 10.2 Å². The Kier molecular flexibility index (Phi) is 3.33. The lowest BCUT2D eigenvalue weighted by Crippen LogP contribution is -2.33. The average molecular weight is 272 g/mol. The highest BCUT2D eigenvalue weighted by atomic mass is 16.2. The van der Waals surface area contributed by atoms with Crippen molar-refractivity contribution in [2.45, 2.75) is 40.0 Å². The number of hydrogen-bond donors (Lipinski definition) is 1. The Labute approximate surface area is 121 Å². The lowest BCUT2D eigenvalue weighted by molar-refractivity contribution is -0.116. The van der Waals surface area contributed by atoms with Gasteiger partial charge in [0.2, 0.25) is 5.91 Å². The van der Waals surface area contributed by atoms with Gasteiger partial charge in [-0.15, -0.1) is 0 Å². The van der Waals surface area contributed by atoms with Crippen molar-refractivity contribution in [3.63, 3.8) is 0 Å². The fourth-order valence-electron chi connectivity index (χ4n) is 3.80. The molecule has 3 rings (SSSR count). The van der Waals surface area contributed by atoms with Crippen molar-refractivity contribution in [1.29, 1.82) is 0 Å². The molecule has 1 amide bonds.